The highest BCUT2D eigenvalue weighted by molar-refractivity contribution is 7.92. The van der Waals surface area contributed by atoms with Gasteiger partial charge in [-0.1, -0.05) is 12.1 Å². The second-order valence-corrected chi connectivity index (χ2v) is 10.3. The van der Waals surface area contributed by atoms with Crippen molar-refractivity contribution in [3.63, 3.8) is 0 Å². The first-order chi connectivity index (χ1) is 15.9. The number of carboxylic acid groups (broad SMARTS) is 1. The van der Waals surface area contributed by atoms with E-state index in [0.717, 1.165) is 12.1 Å². The second kappa shape index (κ2) is 8.42. The van der Waals surface area contributed by atoms with E-state index in [1.807, 2.05) is 0 Å². The van der Waals surface area contributed by atoms with Crippen LogP contribution < -0.4 is 4.90 Å². The van der Waals surface area contributed by atoms with Crippen LogP contribution >= 0.6 is 0 Å². The third-order valence-corrected chi connectivity index (χ3v) is 7.91. The number of halogens is 3. The van der Waals surface area contributed by atoms with E-state index in [2.05, 4.69) is 10.1 Å². The minimum Gasteiger partial charge on any atom is -0.480 e. The Hall–Kier alpha value is -3.41. The van der Waals surface area contributed by atoms with E-state index in [0.29, 0.717) is 29.0 Å². The van der Waals surface area contributed by atoms with Crippen molar-refractivity contribution in [3.8, 4) is 5.69 Å². The number of nitrogens with zero attached hydrogens (tertiary/aromatic N) is 4. The Morgan fingerprint density at radius 3 is 2.47 bits per heavy atom. The van der Waals surface area contributed by atoms with Gasteiger partial charge in [-0.2, -0.15) is 18.3 Å². The van der Waals surface area contributed by atoms with Crippen LogP contribution in [0.2, 0.25) is 0 Å². The number of sulfone groups is 1. The summed E-state index contributed by atoms with van der Waals surface area (Å²) in [6, 6.07) is 7.69. The SMILES string of the molecule is Cc1cc(-n2nc(C)cc2N2CC(S(=O)(=O)c3ccccc3C(F)(F)F)CC2C(=O)O)ccn1. The van der Waals surface area contributed by atoms with Crippen molar-refractivity contribution in [1.82, 2.24) is 14.8 Å². The van der Waals surface area contributed by atoms with Gasteiger partial charge in [-0.3, -0.25) is 4.98 Å². The number of carboxylic acids is 1. The molecule has 1 aliphatic rings. The van der Waals surface area contributed by atoms with Gasteiger partial charge in [-0.05, 0) is 44.5 Å². The van der Waals surface area contributed by atoms with Gasteiger partial charge in [0.15, 0.2) is 9.84 Å². The number of anilines is 1. The molecule has 12 heteroatoms. The van der Waals surface area contributed by atoms with Crippen LogP contribution in [0.1, 0.15) is 23.4 Å². The van der Waals surface area contributed by atoms with Crippen molar-refractivity contribution in [1.29, 1.82) is 0 Å². The summed E-state index contributed by atoms with van der Waals surface area (Å²) >= 11 is 0. The van der Waals surface area contributed by atoms with Gasteiger partial charge in [0.05, 0.1) is 27.1 Å². The number of aromatic nitrogens is 3. The topological polar surface area (TPSA) is 105 Å². The van der Waals surface area contributed by atoms with Gasteiger partial charge in [0, 0.05) is 24.5 Å². The van der Waals surface area contributed by atoms with E-state index in [4.69, 9.17) is 0 Å². The first-order valence-electron chi connectivity index (χ1n) is 10.3. The lowest BCUT2D eigenvalue weighted by molar-refractivity contribution is -0.140. The molecule has 1 fully saturated rings. The smallest absolute Gasteiger partial charge is 0.417 e. The van der Waals surface area contributed by atoms with Gasteiger partial charge in [0.1, 0.15) is 11.9 Å². The number of hydrogen-bond acceptors (Lipinski definition) is 6. The minimum atomic E-state index is -4.87. The first-order valence-corrected chi connectivity index (χ1v) is 11.8. The minimum absolute atomic E-state index is 0.305. The van der Waals surface area contributed by atoms with E-state index in [1.54, 1.807) is 38.2 Å². The van der Waals surface area contributed by atoms with Crippen molar-refractivity contribution >= 4 is 21.6 Å². The Balaban J connectivity index is 1.77. The molecule has 1 N–H and O–H groups in total. The molecular formula is C22H21F3N4O4S. The lowest BCUT2D eigenvalue weighted by Gasteiger charge is -2.24. The van der Waals surface area contributed by atoms with Gasteiger partial charge in [0.2, 0.25) is 0 Å². The predicted octanol–water partition coefficient (Wildman–Crippen LogP) is 3.41. The molecule has 2 atom stereocenters. The number of benzene rings is 1. The Morgan fingerprint density at radius 2 is 1.82 bits per heavy atom. The van der Waals surface area contributed by atoms with Crippen LogP contribution in [0.25, 0.3) is 5.69 Å². The van der Waals surface area contributed by atoms with E-state index in [9.17, 15) is 31.5 Å². The quantitative estimate of drug-likeness (QED) is 0.580. The van der Waals surface area contributed by atoms with Gasteiger partial charge in [0.25, 0.3) is 0 Å². The van der Waals surface area contributed by atoms with Crippen molar-refractivity contribution in [2.45, 2.75) is 42.6 Å². The van der Waals surface area contributed by atoms with Gasteiger partial charge >= 0.3 is 12.1 Å². The summed E-state index contributed by atoms with van der Waals surface area (Å²) in [7, 11) is -4.50. The van der Waals surface area contributed by atoms with Crippen molar-refractivity contribution < 1.29 is 31.5 Å². The molecule has 0 bridgehead atoms. The normalized spacial score (nSPS) is 18.9. The van der Waals surface area contributed by atoms with Gasteiger partial charge in [-0.15, -0.1) is 0 Å². The van der Waals surface area contributed by atoms with Crippen LogP contribution in [0.4, 0.5) is 19.0 Å². The molecule has 34 heavy (non-hydrogen) atoms. The highest BCUT2D eigenvalue weighted by Crippen LogP contribution is 2.39. The molecule has 4 rings (SSSR count). The average molecular weight is 494 g/mol. The van der Waals surface area contributed by atoms with Crippen molar-refractivity contribution in [2.24, 2.45) is 0 Å². The number of aliphatic carboxylic acids is 1. The summed E-state index contributed by atoms with van der Waals surface area (Å²) in [5, 5.41) is 12.9. The third kappa shape index (κ3) is 4.25. The van der Waals surface area contributed by atoms with Crippen LogP contribution in [-0.2, 0) is 20.8 Å². The summed E-state index contributed by atoms with van der Waals surface area (Å²) in [6.07, 6.45) is -3.68. The molecule has 180 valence electrons. The van der Waals surface area contributed by atoms with Gasteiger partial charge < -0.3 is 10.0 Å². The number of pyridine rings is 1. The Morgan fingerprint density at radius 1 is 1.12 bits per heavy atom. The zero-order valence-corrected chi connectivity index (χ0v) is 19.0. The Kier molecular flexibility index (Phi) is 5.88. The zero-order chi connectivity index (χ0) is 24.8. The lowest BCUT2D eigenvalue weighted by Crippen LogP contribution is -2.37. The summed E-state index contributed by atoms with van der Waals surface area (Å²) < 4.78 is 68.6. The second-order valence-electron chi connectivity index (χ2n) is 8.11. The van der Waals surface area contributed by atoms with E-state index >= 15 is 0 Å². The zero-order valence-electron chi connectivity index (χ0n) is 18.2. The first kappa shape index (κ1) is 23.7. The maximum absolute atomic E-state index is 13.5. The molecule has 2 unspecified atom stereocenters. The number of alkyl halides is 3. The van der Waals surface area contributed by atoms with E-state index < -0.39 is 43.7 Å². The van der Waals surface area contributed by atoms with Crippen LogP contribution in [0.5, 0.6) is 0 Å². The molecule has 1 aromatic carbocycles. The predicted molar refractivity (Wildman–Crippen MR) is 117 cm³/mol. The number of aryl methyl sites for hydroxylation is 2. The standard InChI is InChI=1S/C22H21F3N4O4S/c1-13-9-15(7-8-26-13)29-20(10-14(2)27-29)28-12-16(11-18(28)21(30)31)34(32,33)19-6-4-3-5-17(19)22(23,24)25/h3-10,16,18H,11-12H2,1-2H3,(H,30,31). The molecule has 3 heterocycles. The average Bonchev–Trinajstić information content (AvgIpc) is 3.37. The highest BCUT2D eigenvalue weighted by atomic mass is 32.2. The molecule has 0 aliphatic carbocycles. The molecule has 0 saturated carbocycles. The molecule has 0 spiro atoms. The van der Waals surface area contributed by atoms with E-state index in [-0.39, 0.29) is 13.0 Å². The fourth-order valence-corrected chi connectivity index (χ4v) is 6.09. The summed E-state index contributed by atoms with van der Waals surface area (Å²) in [6.45, 7) is 3.17. The number of rotatable bonds is 5. The molecule has 3 aromatic rings. The van der Waals surface area contributed by atoms with Crippen molar-refractivity contribution in [2.75, 3.05) is 11.4 Å². The molecule has 0 radical (unpaired) electrons. The largest absolute Gasteiger partial charge is 0.480 e. The monoisotopic (exact) mass is 494 g/mol. The Labute approximate surface area is 193 Å². The maximum atomic E-state index is 13.5. The van der Waals surface area contributed by atoms with Crippen LogP contribution in [0.15, 0.2) is 53.6 Å². The number of hydrogen-bond donors (Lipinski definition) is 1. The fraction of sp³-hybridized carbons (Fsp3) is 0.318. The molecular weight excluding hydrogens is 473 g/mol. The summed E-state index contributed by atoms with van der Waals surface area (Å²) in [4.78, 5) is 16.7. The van der Waals surface area contributed by atoms with E-state index in [1.165, 1.54) is 15.6 Å². The van der Waals surface area contributed by atoms with Gasteiger partial charge in [-0.25, -0.2) is 17.9 Å². The summed E-state index contributed by atoms with van der Waals surface area (Å²) in [5.41, 5.74) is 0.571. The Bertz CT molecular complexity index is 1350. The molecule has 2 aromatic heterocycles. The number of carbonyl (C=O) groups is 1. The third-order valence-electron chi connectivity index (χ3n) is 5.72. The summed E-state index contributed by atoms with van der Waals surface area (Å²) in [5.74, 6) is -0.949. The fourth-order valence-electron chi connectivity index (χ4n) is 4.18. The van der Waals surface area contributed by atoms with Crippen LogP contribution in [0, 0.1) is 13.8 Å². The van der Waals surface area contributed by atoms with Crippen LogP contribution in [0.3, 0.4) is 0 Å². The lowest BCUT2D eigenvalue weighted by atomic mass is 10.2. The molecule has 0 amide bonds. The molecule has 1 aliphatic heterocycles. The highest BCUT2D eigenvalue weighted by Gasteiger charge is 2.47. The van der Waals surface area contributed by atoms with Crippen molar-refractivity contribution in [3.05, 3.63) is 65.6 Å². The van der Waals surface area contributed by atoms with Crippen LogP contribution in [-0.4, -0.2) is 52.1 Å². The maximum Gasteiger partial charge on any atom is 0.417 e. The molecule has 8 nitrogen and oxygen atoms in total. The molecule has 1 saturated heterocycles.